The van der Waals surface area contributed by atoms with Crippen LogP contribution in [0.15, 0.2) is 48.8 Å². The maximum atomic E-state index is 13.5. The quantitative estimate of drug-likeness (QED) is 0.784. The van der Waals surface area contributed by atoms with E-state index >= 15 is 0 Å². The smallest absolute Gasteiger partial charge is 0.254 e. The Balaban J connectivity index is 1.48. The number of hydrogen-bond donors (Lipinski definition) is 0. The minimum atomic E-state index is -0.597. The molecule has 1 unspecified atom stereocenters. The molecule has 2 aromatic rings. The minimum absolute atomic E-state index is 0.0376. The van der Waals surface area contributed by atoms with Gasteiger partial charge < -0.3 is 14.7 Å². The molecular formula is C21H21FN4O3. The molecule has 2 aliphatic rings. The van der Waals surface area contributed by atoms with E-state index in [1.165, 1.54) is 17.0 Å². The SMILES string of the molecule is O=C(c1ccncc1)N1CCC2C(=O)N(Cc3cccc(F)c3)CC(=O)N2CC1. The summed E-state index contributed by atoms with van der Waals surface area (Å²) in [4.78, 5) is 47.1. The molecule has 2 fully saturated rings. The molecule has 0 spiro atoms. The van der Waals surface area contributed by atoms with Gasteiger partial charge in [-0.3, -0.25) is 19.4 Å². The van der Waals surface area contributed by atoms with E-state index in [0.29, 0.717) is 37.2 Å². The Morgan fingerprint density at radius 1 is 1.10 bits per heavy atom. The number of aromatic nitrogens is 1. The van der Waals surface area contributed by atoms with E-state index in [-0.39, 0.29) is 36.6 Å². The molecule has 0 radical (unpaired) electrons. The van der Waals surface area contributed by atoms with Crippen molar-refractivity contribution in [2.75, 3.05) is 26.2 Å². The Morgan fingerprint density at radius 2 is 1.90 bits per heavy atom. The maximum absolute atomic E-state index is 13.5. The van der Waals surface area contributed by atoms with Crippen LogP contribution in [0.1, 0.15) is 22.3 Å². The Hall–Kier alpha value is -3.29. The molecule has 8 heteroatoms. The van der Waals surface area contributed by atoms with E-state index in [9.17, 15) is 18.8 Å². The third kappa shape index (κ3) is 3.96. The van der Waals surface area contributed by atoms with Gasteiger partial charge in [0.2, 0.25) is 11.8 Å². The molecule has 0 aliphatic carbocycles. The first-order valence-corrected chi connectivity index (χ1v) is 9.55. The van der Waals surface area contributed by atoms with Crippen molar-refractivity contribution < 1.29 is 18.8 Å². The van der Waals surface area contributed by atoms with Crippen LogP contribution in [0.5, 0.6) is 0 Å². The van der Waals surface area contributed by atoms with Gasteiger partial charge in [-0.1, -0.05) is 12.1 Å². The van der Waals surface area contributed by atoms with Crippen LogP contribution in [-0.4, -0.2) is 69.6 Å². The number of piperazine rings is 1. The van der Waals surface area contributed by atoms with E-state index in [0.717, 1.165) is 0 Å². The Kier molecular flexibility index (Phi) is 5.24. The standard InChI is InChI=1S/C21H21FN4O3/c22-17-3-1-2-15(12-17)13-25-14-19(27)26-11-10-24(9-6-18(26)21(25)29)20(28)16-4-7-23-8-5-16/h1-5,7-8,12,18H,6,9-11,13-14H2. The average Bonchev–Trinajstić information content (AvgIpc) is 2.96. The van der Waals surface area contributed by atoms with Crippen LogP contribution in [-0.2, 0) is 16.1 Å². The van der Waals surface area contributed by atoms with Crippen LogP contribution in [0, 0.1) is 5.82 Å². The van der Waals surface area contributed by atoms with Gasteiger partial charge in [-0.15, -0.1) is 0 Å². The molecule has 1 aromatic heterocycles. The van der Waals surface area contributed by atoms with Crippen molar-refractivity contribution in [3.8, 4) is 0 Å². The van der Waals surface area contributed by atoms with Gasteiger partial charge in [-0.05, 0) is 36.2 Å². The molecule has 2 aliphatic heterocycles. The molecule has 1 aromatic carbocycles. The summed E-state index contributed by atoms with van der Waals surface area (Å²) in [7, 11) is 0. The Bertz CT molecular complexity index is 937. The second-order valence-electron chi connectivity index (χ2n) is 7.24. The lowest BCUT2D eigenvalue weighted by molar-refractivity contribution is -0.156. The van der Waals surface area contributed by atoms with Gasteiger partial charge in [-0.2, -0.15) is 0 Å². The van der Waals surface area contributed by atoms with Crippen molar-refractivity contribution >= 4 is 17.7 Å². The van der Waals surface area contributed by atoms with Crippen LogP contribution in [0.3, 0.4) is 0 Å². The van der Waals surface area contributed by atoms with E-state index in [2.05, 4.69) is 4.98 Å². The van der Waals surface area contributed by atoms with Crippen LogP contribution >= 0.6 is 0 Å². The summed E-state index contributed by atoms with van der Waals surface area (Å²) in [6.07, 6.45) is 3.50. The predicted molar refractivity (Wildman–Crippen MR) is 102 cm³/mol. The van der Waals surface area contributed by atoms with Crippen LogP contribution < -0.4 is 0 Å². The number of nitrogens with zero attached hydrogens (tertiary/aromatic N) is 4. The number of fused-ring (bicyclic) bond motifs is 1. The lowest BCUT2D eigenvalue weighted by Crippen LogP contribution is -2.59. The van der Waals surface area contributed by atoms with Gasteiger partial charge in [-0.25, -0.2) is 4.39 Å². The summed E-state index contributed by atoms with van der Waals surface area (Å²) < 4.78 is 13.5. The average molecular weight is 396 g/mol. The Labute approximate surface area is 167 Å². The van der Waals surface area contributed by atoms with Crippen molar-refractivity contribution in [3.05, 3.63) is 65.7 Å². The van der Waals surface area contributed by atoms with E-state index in [4.69, 9.17) is 0 Å². The number of carbonyl (C=O) groups excluding carboxylic acids is 3. The lowest BCUT2D eigenvalue weighted by atomic mass is 10.1. The highest BCUT2D eigenvalue weighted by Gasteiger charge is 2.41. The summed E-state index contributed by atoms with van der Waals surface area (Å²) >= 11 is 0. The molecule has 0 saturated carbocycles. The number of halogens is 1. The molecule has 3 amide bonds. The topological polar surface area (TPSA) is 73.8 Å². The highest BCUT2D eigenvalue weighted by atomic mass is 19.1. The molecule has 2 saturated heterocycles. The molecule has 150 valence electrons. The second-order valence-corrected chi connectivity index (χ2v) is 7.24. The minimum Gasteiger partial charge on any atom is -0.337 e. The molecule has 4 rings (SSSR count). The molecular weight excluding hydrogens is 375 g/mol. The third-order valence-corrected chi connectivity index (χ3v) is 5.38. The largest absolute Gasteiger partial charge is 0.337 e. The number of pyridine rings is 1. The van der Waals surface area contributed by atoms with Crippen LogP contribution in [0.2, 0.25) is 0 Å². The zero-order chi connectivity index (χ0) is 20.4. The van der Waals surface area contributed by atoms with Gasteiger partial charge in [0.05, 0.1) is 0 Å². The summed E-state index contributed by atoms with van der Waals surface area (Å²) in [5, 5.41) is 0. The van der Waals surface area contributed by atoms with Crippen molar-refractivity contribution in [2.45, 2.75) is 19.0 Å². The molecule has 1 atom stereocenters. The van der Waals surface area contributed by atoms with E-state index in [1.807, 2.05) is 0 Å². The highest BCUT2D eigenvalue weighted by Crippen LogP contribution is 2.22. The maximum Gasteiger partial charge on any atom is 0.254 e. The molecule has 0 bridgehead atoms. The monoisotopic (exact) mass is 396 g/mol. The summed E-state index contributed by atoms with van der Waals surface area (Å²) in [5.41, 5.74) is 1.17. The zero-order valence-electron chi connectivity index (χ0n) is 15.8. The van der Waals surface area contributed by atoms with Gasteiger partial charge in [0.25, 0.3) is 5.91 Å². The number of amides is 3. The normalized spacial score (nSPS) is 19.8. The predicted octanol–water partition coefficient (Wildman–Crippen LogP) is 1.31. The molecule has 29 heavy (non-hydrogen) atoms. The van der Waals surface area contributed by atoms with Crippen LogP contribution in [0.4, 0.5) is 4.39 Å². The van der Waals surface area contributed by atoms with Gasteiger partial charge in [0, 0.05) is 44.1 Å². The lowest BCUT2D eigenvalue weighted by Gasteiger charge is -2.39. The van der Waals surface area contributed by atoms with Crippen molar-refractivity contribution in [2.24, 2.45) is 0 Å². The van der Waals surface area contributed by atoms with Gasteiger partial charge >= 0.3 is 0 Å². The van der Waals surface area contributed by atoms with E-state index < -0.39 is 6.04 Å². The number of benzene rings is 1. The van der Waals surface area contributed by atoms with E-state index in [1.54, 1.807) is 46.5 Å². The van der Waals surface area contributed by atoms with Crippen molar-refractivity contribution in [1.82, 2.24) is 19.7 Å². The summed E-state index contributed by atoms with van der Waals surface area (Å²) in [5.74, 6) is -0.820. The van der Waals surface area contributed by atoms with Crippen molar-refractivity contribution in [1.29, 1.82) is 0 Å². The number of carbonyl (C=O) groups is 3. The van der Waals surface area contributed by atoms with Gasteiger partial charge in [0.1, 0.15) is 18.4 Å². The molecule has 7 nitrogen and oxygen atoms in total. The number of rotatable bonds is 3. The summed E-state index contributed by atoms with van der Waals surface area (Å²) in [6.45, 7) is 1.23. The summed E-state index contributed by atoms with van der Waals surface area (Å²) in [6, 6.07) is 8.73. The fourth-order valence-electron chi connectivity index (χ4n) is 3.90. The van der Waals surface area contributed by atoms with Crippen molar-refractivity contribution in [3.63, 3.8) is 0 Å². The fraction of sp³-hybridized carbons (Fsp3) is 0.333. The first-order chi connectivity index (χ1) is 14.0. The second kappa shape index (κ2) is 7.98. The molecule has 0 N–H and O–H groups in total. The van der Waals surface area contributed by atoms with Crippen LogP contribution in [0.25, 0.3) is 0 Å². The number of hydrogen-bond acceptors (Lipinski definition) is 4. The zero-order valence-corrected chi connectivity index (χ0v) is 15.8. The third-order valence-electron chi connectivity index (χ3n) is 5.38. The fourth-order valence-corrected chi connectivity index (χ4v) is 3.90. The molecule has 3 heterocycles. The first-order valence-electron chi connectivity index (χ1n) is 9.55. The first kappa shape index (κ1) is 19.0. The van der Waals surface area contributed by atoms with Gasteiger partial charge in [0.15, 0.2) is 0 Å². The highest BCUT2D eigenvalue weighted by molar-refractivity contribution is 5.96. The Morgan fingerprint density at radius 3 is 2.66 bits per heavy atom.